The predicted octanol–water partition coefficient (Wildman–Crippen LogP) is 4.12. The number of ether oxygens (including phenoxy) is 2. The topological polar surface area (TPSA) is 52.6 Å². The number of carbonyl (C=O) groups is 2. The van der Waals surface area contributed by atoms with E-state index in [1.807, 2.05) is 13.8 Å². The van der Waals surface area contributed by atoms with Gasteiger partial charge < -0.3 is 9.47 Å². The highest BCUT2D eigenvalue weighted by molar-refractivity contribution is 5.99. The summed E-state index contributed by atoms with van der Waals surface area (Å²) in [7, 11) is 0. The summed E-state index contributed by atoms with van der Waals surface area (Å²) in [6, 6.07) is 0. The molecule has 0 heterocycles. The summed E-state index contributed by atoms with van der Waals surface area (Å²) in [6.45, 7) is 9.91. The molecule has 0 aliphatic carbocycles. The van der Waals surface area contributed by atoms with Crippen LogP contribution in [0.1, 0.15) is 73.1 Å². The van der Waals surface area contributed by atoms with Crippen molar-refractivity contribution in [1.29, 1.82) is 0 Å². The highest BCUT2D eigenvalue weighted by atomic mass is 16.6. The Morgan fingerprint density at radius 2 is 1.43 bits per heavy atom. The number of hydrogen-bond donors (Lipinski definition) is 0. The second-order valence-corrected chi connectivity index (χ2v) is 6.52. The van der Waals surface area contributed by atoms with Crippen LogP contribution in [0.15, 0.2) is 0 Å². The lowest BCUT2D eigenvalue weighted by atomic mass is 9.94. The smallest absolute Gasteiger partial charge is 0.322 e. The average Bonchev–Trinajstić information content (AvgIpc) is 2.43. The zero-order chi connectivity index (χ0) is 16.3. The van der Waals surface area contributed by atoms with E-state index < -0.39 is 17.4 Å². The van der Waals surface area contributed by atoms with Crippen LogP contribution in [0.4, 0.5) is 0 Å². The van der Waals surface area contributed by atoms with Gasteiger partial charge in [0.1, 0.15) is 0 Å². The van der Waals surface area contributed by atoms with Crippen molar-refractivity contribution in [2.24, 2.45) is 11.3 Å². The molecule has 0 rings (SSSR count). The Morgan fingerprint density at radius 1 is 0.905 bits per heavy atom. The minimum Gasteiger partial charge on any atom is -0.465 e. The van der Waals surface area contributed by atoms with Gasteiger partial charge in [0.05, 0.1) is 13.2 Å². The highest BCUT2D eigenvalue weighted by Gasteiger charge is 2.39. The molecule has 0 bridgehead atoms. The average molecular weight is 300 g/mol. The maximum atomic E-state index is 12.0. The Morgan fingerprint density at radius 3 is 2.00 bits per heavy atom. The predicted molar refractivity (Wildman–Crippen MR) is 83.9 cm³/mol. The Labute approximate surface area is 129 Å². The van der Waals surface area contributed by atoms with Crippen LogP contribution in [0.5, 0.6) is 0 Å². The molecule has 0 radical (unpaired) electrons. The molecule has 0 saturated heterocycles. The van der Waals surface area contributed by atoms with Crippen molar-refractivity contribution in [2.45, 2.75) is 73.1 Å². The summed E-state index contributed by atoms with van der Waals surface area (Å²) in [6.07, 6.45) is 6.80. The van der Waals surface area contributed by atoms with Gasteiger partial charge in [-0.3, -0.25) is 9.59 Å². The van der Waals surface area contributed by atoms with Crippen LogP contribution in [-0.2, 0) is 19.1 Å². The van der Waals surface area contributed by atoms with E-state index in [9.17, 15) is 9.59 Å². The summed E-state index contributed by atoms with van der Waals surface area (Å²) in [4.78, 5) is 23.9. The molecule has 0 amide bonds. The quantitative estimate of drug-likeness (QED) is 0.327. The lowest BCUT2D eigenvalue weighted by molar-refractivity contribution is -0.170. The van der Waals surface area contributed by atoms with E-state index in [0.29, 0.717) is 13.2 Å². The zero-order valence-corrected chi connectivity index (χ0v) is 14.4. The van der Waals surface area contributed by atoms with E-state index in [4.69, 9.17) is 9.47 Å². The van der Waals surface area contributed by atoms with E-state index in [1.54, 1.807) is 13.8 Å². The van der Waals surface area contributed by atoms with Crippen LogP contribution in [0.25, 0.3) is 0 Å². The van der Waals surface area contributed by atoms with E-state index in [1.165, 1.54) is 25.7 Å². The van der Waals surface area contributed by atoms with Crippen LogP contribution in [0, 0.1) is 11.3 Å². The SMILES string of the molecule is CCCCCCCCOC(=O)C(C)(C)C(=O)OCC(C)C. The molecule has 4 nitrogen and oxygen atoms in total. The molecular formula is C17H32O4. The number of carbonyl (C=O) groups excluding carboxylic acids is 2. The second-order valence-electron chi connectivity index (χ2n) is 6.52. The molecule has 0 aromatic heterocycles. The van der Waals surface area contributed by atoms with Gasteiger partial charge in [-0.15, -0.1) is 0 Å². The van der Waals surface area contributed by atoms with Gasteiger partial charge in [0, 0.05) is 0 Å². The first-order valence-corrected chi connectivity index (χ1v) is 8.16. The van der Waals surface area contributed by atoms with E-state index in [0.717, 1.165) is 12.8 Å². The van der Waals surface area contributed by atoms with Crippen LogP contribution < -0.4 is 0 Å². The number of unbranched alkanes of at least 4 members (excludes halogenated alkanes) is 5. The molecule has 0 aliphatic heterocycles. The summed E-state index contributed by atoms with van der Waals surface area (Å²) >= 11 is 0. The van der Waals surface area contributed by atoms with Crippen LogP contribution in [0.3, 0.4) is 0 Å². The van der Waals surface area contributed by atoms with Crippen molar-refractivity contribution in [3.05, 3.63) is 0 Å². The molecule has 0 N–H and O–H groups in total. The standard InChI is InChI=1S/C17H32O4/c1-6-7-8-9-10-11-12-20-15(18)17(4,5)16(19)21-13-14(2)3/h14H,6-13H2,1-5H3. The molecule has 21 heavy (non-hydrogen) atoms. The maximum absolute atomic E-state index is 12.0. The fourth-order valence-corrected chi connectivity index (χ4v) is 1.73. The maximum Gasteiger partial charge on any atom is 0.322 e. The molecular weight excluding hydrogens is 268 g/mol. The van der Waals surface area contributed by atoms with E-state index in [-0.39, 0.29) is 5.92 Å². The van der Waals surface area contributed by atoms with E-state index in [2.05, 4.69) is 6.92 Å². The third-order valence-electron chi connectivity index (χ3n) is 3.30. The van der Waals surface area contributed by atoms with Gasteiger partial charge in [-0.05, 0) is 26.2 Å². The van der Waals surface area contributed by atoms with Gasteiger partial charge in [0.25, 0.3) is 0 Å². The van der Waals surface area contributed by atoms with Crippen molar-refractivity contribution in [3.8, 4) is 0 Å². The number of rotatable bonds is 11. The summed E-state index contributed by atoms with van der Waals surface area (Å²) in [5.41, 5.74) is -1.23. The Hall–Kier alpha value is -1.06. The molecule has 0 aromatic carbocycles. The normalized spacial score (nSPS) is 11.5. The van der Waals surface area contributed by atoms with Crippen LogP contribution >= 0.6 is 0 Å². The first kappa shape index (κ1) is 19.9. The second kappa shape index (κ2) is 10.6. The van der Waals surface area contributed by atoms with Gasteiger partial charge in [-0.1, -0.05) is 52.9 Å². The molecule has 0 saturated carbocycles. The molecule has 0 fully saturated rings. The molecule has 4 heteroatoms. The first-order valence-electron chi connectivity index (χ1n) is 8.16. The van der Waals surface area contributed by atoms with Crippen LogP contribution in [0.2, 0.25) is 0 Å². The third kappa shape index (κ3) is 8.74. The fraction of sp³-hybridized carbons (Fsp3) is 0.882. The molecule has 0 atom stereocenters. The van der Waals surface area contributed by atoms with Crippen molar-refractivity contribution >= 4 is 11.9 Å². The first-order chi connectivity index (χ1) is 9.82. The number of hydrogen-bond acceptors (Lipinski definition) is 4. The Kier molecular flexibility index (Phi) is 10.1. The van der Waals surface area contributed by atoms with Gasteiger partial charge in [-0.25, -0.2) is 0 Å². The lowest BCUT2D eigenvalue weighted by Gasteiger charge is -2.21. The highest BCUT2D eigenvalue weighted by Crippen LogP contribution is 2.20. The molecule has 0 aromatic rings. The minimum atomic E-state index is -1.23. The monoisotopic (exact) mass is 300 g/mol. The zero-order valence-electron chi connectivity index (χ0n) is 14.4. The lowest BCUT2D eigenvalue weighted by Crippen LogP contribution is -2.37. The van der Waals surface area contributed by atoms with Crippen molar-refractivity contribution in [2.75, 3.05) is 13.2 Å². The van der Waals surface area contributed by atoms with Crippen molar-refractivity contribution < 1.29 is 19.1 Å². The van der Waals surface area contributed by atoms with Gasteiger partial charge >= 0.3 is 11.9 Å². The summed E-state index contributed by atoms with van der Waals surface area (Å²) in [5, 5.41) is 0. The largest absolute Gasteiger partial charge is 0.465 e. The Bertz CT molecular complexity index is 308. The fourth-order valence-electron chi connectivity index (χ4n) is 1.73. The van der Waals surface area contributed by atoms with Gasteiger partial charge in [-0.2, -0.15) is 0 Å². The Balaban J connectivity index is 3.93. The third-order valence-corrected chi connectivity index (χ3v) is 3.30. The van der Waals surface area contributed by atoms with Crippen molar-refractivity contribution in [1.82, 2.24) is 0 Å². The summed E-state index contributed by atoms with van der Waals surface area (Å²) in [5.74, 6) is -0.752. The van der Waals surface area contributed by atoms with Crippen LogP contribution in [-0.4, -0.2) is 25.2 Å². The molecule has 0 unspecified atom stereocenters. The minimum absolute atomic E-state index is 0.254. The summed E-state index contributed by atoms with van der Waals surface area (Å²) < 4.78 is 10.3. The number of esters is 2. The van der Waals surface area contributed by atoms with Gasteiger partial charge in [0.15, 0.2) is 5.41 Å². The van der Waals surface area contributed by atoms with Gasteiger partial charge in [0.2, 0.25) is 0 Å². The molecule has 124 valence electrons. The van der Waals surface area contributed by atoms with Crippen molar-refractivity contribution in [3.63, 3.8) is 0 Å². The molecule has 0 spiro atoms. The van der Waals surface area contributed by atoms with E-state index >= 15 is 0 Å². The molecule has 0 aliphatic rings.